The number of ether oxygens (including phenoxy) is 1. The Morgan fingerprint density at radius 1 is 1.00 bits per heavy atom. The fraction of sp³-hybridized carbons (Fsp3) is 0.192. The summed E-state index contributed by atoms with van der Waals surface area (Å²) in [5.41, 5.74) is 11.9. The first-order valence-electron chi connectivity index (χ1n) is 10.4. The van der Waals surface area contributed by atoms with Crippen LogP contribution in [0, 0.1) is 0 Å². The van der Waals surface area contributed by atoms with Gasteiger partial charge in [0.2, 0.25) is 5.91 Å². The van der Waals surface area contributed by atoms with E-state index in [0.29, 0.717) is 18.1 Å². The van der Waals surface area contributed by atoms with Crippen LogP contribution in [0.4, 0.5) is 0 Å². The van der Waals surface area contributed by atoms with Crippen LogP contribution in [0.2, 0.25) is 5.02 Å². The van der Waals surface area contributed by atoms with Crippen LogP contribution in [0.3, 0.4) is 0 Å². The van der Waals surface area contributed by atoms with Gasteiger partial charge >= 0.3 is 0 Å². The lowest BCUT2D eigenvalue weighted by molar-refractivity contribution is -0.117. The second-order valence-electron chi connectivity index (χ2n) is 7.57. The summed E-state index contributed by atoms with van der Waals surface area (Å²) >= 11 is 6.21. The van der Waals surface area contributed by atoms with Crippen molar-refractivity contribution >= 4 is 23.0 Å². The van der Waals surface area contributed by atoms with Gasteiger partial charge in [-0.1, -0.05) is 61.0 Å². The zero-order valence-corrected chi connectivity index (χ0v) is 18.2. The molecule has 0 aliphatic rings. The molecule has 158 valence electrons. The molecule has 4 aromatic rings. The van der Waals surface area contributed by atoms with Crippen LogP contribution in [-0.4, -0.2) is 10.3 Å². The van der Waals surface area contributed by atoms with Gasteiger partial charge < -0.3 is 14.9 Å². The van der Waals surface area contributed by atoms with E-state index in [1.165, 1.54) is 0 Å². The highest BCUT2D eigenvalue weighted by Gasteiger charge is 2.21. The highest BCUT2D eigenvalue weighted by atomic mass is 35.5. The van der Waals surface area contributed by atoms with Crippen molar-refractivity contribution in [3.63, 3.8) is 0 Å². The van der Waals surface area contributed by atoms with Gasteiger partial charge in [0.25, 0.3) is 0 Å². The second kappa shape index (κ2) is 9.27. The minimum Gasteiger partial charge on any atom is -0.487 e. The van der Waals surface area contributed by atoms with E-state index in [-0.39, 0.29) is 12.3 Å². The van der Waals surface area contributed by atoms with Crippen molar-refractivity contribution in [2.75, 3.05) is 0 Å². The number of carbonyl (C=O) groups is 1. The van der Waals surface area contributed by atoms with E-state index >= 15 is 0 Å². The molecule has 0 bridgehead atoms. The molecule has 0 aliphatic carbocycles. The van der Waals surface area contributed by atoms with Gasteiger partial charge in [0, 0.05) is 23.3 Å². The number of aromatic nitrogens is 1. The van der Waals surface area contributed by atoms with Crippen molar-refractivity contribution in [1.29, 1.82) is 0 Å². The summed E-state index contributed by atoms with van der Waals surface area (Å²) in [4.78, 5) is 11.9. The molecule has 4 nitrogen and oxygen atoms in total. The third-order valence-electron chi connectivity index (χ3n) is 5.45. The van der Waals surface area contributed by atoms with Crippen LogP contribution < -0.4 is 10.5 Å². The van der Waals surface area contributed by atoms with E-state index in [2.05, 4.69) is 17.4 Å². The first-order valence-corrected chi connectivity index (χ1v) is 10.8. The van der Waals surface area contributed by atoms with Crippen LogP contribution in [-0.2, 0) is 30.7 Å². The van der Waals surface area contributed by atoms with Crippen molar-refractivity contribution in [3.05, 3.63) is 106 Å². The maximum Gasteiger partial charge on any atom is 0.221 e. The molecule has 1 amide bonds. The van der Waals surface area contributed by atoms with Gasteiger partial charge in [0.05, 0.1) is 11.9 Å². The summed E-state index contributed by atoms with van der Waals surface area (Å²) in [6.45, 7) is 2.55. The van der Waals surface area contributed by atoms with Crippen LogP contribution in [0.1, 0.15) is 34.9 Å². The average Bonchev–Trinajstić information content (AvgIpc) is 3.05. The van der Waals surface area contributed by atoms with E-state index < -0.39 is 0 Å². The van der Waals surface area contributed by atoms with Crippen LogP contribution >= 0.6 is 11.6 Å². The van der Waals surface area contributed by atoms with Crippen LogP contribution in [0.15, 0.2) is 72.9 Å². The zero-order valence-electron chi connectivity index (χ0n) is 17.5. The Labute approximate surface area is 187 Å². The molecule has 0 fully saturated rings. The predicted octanol–water partition coefficient (Wildman–Crippen LogP) is 5.35. The quantitative estimate of drug-likeness (QED) is 0.408. The number of hydrogen-bond acceptors (Lipinski definition) is 2. The minimum absolute atomic E-state index is 0.175. The third-order valence-corrected chi connectivity index (χ3v) is 5.68. The molecule has 2 N–H and O–H groups in total. The number of rotatable bonds is 8. The molecule has 2 aromatic heterocycles. The molecule has 2 heterocycles. The van der Waals surface area contributed by atoms with Gasteiger partial charge in [-0.05, 0) is 52.9 Å². The molecule has 31 heavy (non-hydrogen) atoms. The summed E-state index contributed by atoms with van der Waals surface area (Å²) in [6, 6.07) is 21.8. The molecule has 0 saturated carbocycles. The van der Waals surface area contributed by atoms with Crippen molar-refractivity contribution in [2.24, 2.45) is 5.73 Å². The lowest BCUT2D eigenvalue weighted by Crippen LogP contribution is -2.14. The number of fused-ring (bicyclic) bond motifs is 1. The largest absolute Gasteiger partial charge is 0.487 e. The summed E-state index contributed by atoms with van der Waals surface area (Å²) < 4.78 is 8.35. The molecule has 2 aromatic carbocycles. The second-order valence-corrected chi connectivity index (χ2v) is 8.01. The molecule has 0 radical (unpaired) electrons. The summed E-state index contributed by atoms with van der Waals surface area (Å²) in [5, 5.41) is 0.709. The smallest absolute Gasteiger partial charge is 0.221 e. The Balaban J connectivity index is 1.82. The van der Waals surface area contributed by atoms with E-state index in [9.17, 15) is 4.79 Å². The fourth-order valence-electron chi connectivity index (χ4n) is 4.14. The highest BCUT2D eigenvalue weighted by Crippen LogP contribution is 2.33. The molecular weight excluding hydrogens is 408 g/mol. The standard InChI is InChI=1S/C26H25ClN2O2/c1-2-21-22(16-25(28)30)26-24(31-17-18-8-4-3-5-9-18)12-7-13-29(26)23(21)15-19-10-6-11-20(27)14-19/h3-14H,2,15-17H2,1H3,(H2,28,30). The first kappa shape index (κ1) is 21.0. The van der Waals surface area contributed by atoms with Gasteiger partial charge in [0.15, 0.2) is 0 Å². The molecule has 5 heteroatoms. The van der Waals surface area contributed by atoms with Gasteiger partial charge in [-0.15, -0.1) is 0 Å². The normalized spacial score (nSPS) is 11.0. The van der Waals surface area contributed by atoms with Crippen LogP contribution in [0.5, 0.6) is 5.75 Å². The van der Waals surface area contributed by atoms with Crippen LogP contribution in [0.25, 0.3) is 5.52 Å². The number of carbonyl (C=O) groups excluding carboxylic acids is 1. The Bertz CT molecular complexity index is 1220. The monoisotopic (exact) mass is 432 g/mol. The molecular formula is C26H25ClN2O2. The molecule has 0 saturated heterocycles. The van der Waals surface area contributed by atoms with Gasteiger partial charge in [-0.2, -0.15) is 0 Å². The average molecular weight is 433 g/mol. The van der Waals surface area contributed by atoms with Crippen molar-refractivity contribution in [3.8, 4) is 5.75 Å². The SMILES string of the molecule is CCc1c(CC(N)=O)c2c(OCc3ccccc3)cccn2c1Cc1cccc(Cl)c1. The number of nitrogens with zero attached hydrogens (tertiary/aromatic N) is 1. The van der Waals surface area contributed by atoms with E-state index in [0.717, 1.165) is 45.6 Å². The van der Waals surface area contributed by atoms with Gasteiger partial charge in [-0.3, -0.25) is 4.79 Å². The summed E-state index contributed by atoms with van der Waals surface area (Å²) in [5.74, 6) is 0.393. The Morgan fingerprint density at radius 3 is 2.48 bits per heavy atom. The maximum atomic E-state index is 11.9. The third kappa shape index (κ3) is 4.59. The molecule has 0 unspecified atom stereocenters. The number of benzene rings is 2. The number of hydrogen-bond donors (Lipinski definition) is 1. The molecule has 4 rings (SSSR count). The van der Waals surface area contributed by atoms with Crippen molar-refractivity contribution in [1.82, 2.24) is 4.40 Å². The number of pyridine rings is 1. The lowest BCUT2D eigenvalue weighted by Gasteiger charge is -2.11. The molecule has 0 atom stereocenters. The van der Waals surface area contributed by atoms with Gasteiger partial charge in [0.1, 0.15) is 12.4 Å². The first-order chi connectivity index (χ1) is 15.1. The number of amides is 1. The molecule has 0 aliphatic heterocycles. The van der Waals surface area contributed by atoms with E-state index in [4.69, 9.17) is 22.1 Å². The van der Waals surface area contributed by atoms with Crippen molar-refractivity contribution < 1.29 is 9.53 Å². The Hall–Kier alpha value is -3.24. The van der Waals surface area contributed by atoms with E-state index in [1.807, 2.05) is 66.9 Å². The molecule has 0 spiro atoms. The Morgan fingerprint density at radius 2 is 1.77 bits per heavy atom. The summed E-state index contributed by atoms with van der Waals surface area (Å²) in [6.07, 6.45) is 3.69. The van der Waals surface area contributed by atoms with Gasteiger partial charge in [-0.25, -0.2) is 0 Å². The highest BCUT2D eigenvalue weighted by molar-refractivity contribution is 6.30. The fourth-order valence-corrected chi connectivity index (χ4v) is 4.35. The van der Waals surface area contributed by atoms with E-state index in [1.54, 1.807) is 0 Å². The number of primary amides is 1. The lowest BCUT2D eigenvalue weighted by atomic mass is 10.00. The van der Waals surface area contributed by atoms with Crippen molar-refractivity contribution in [2.45, 2.75) is 32.8 Å². The zero-order chi connectivity index (χ0) is 21.8. The Kier molecular flexibility index (Phi) is 6.28. The minimum atomic E-state index is -0.352. The number of nitrogens with two attached hydrogens (primary N) is 1. The summed E-state index contributed by atoms with van der Waals surface area (Å²) in [7, 11) is 0. The maximum absolute atomic E-state index is 11.9. The number of halogens is 1. The predicted molar refractivity (Wildman–Crippen MR) is 125 cm³/mol. The topological polar surface area (TPSA) is 56.7 Å².